The summed E-state index contributed by atoms with van der Waals surface area (Å²) >= 11 is 1.78. The Morgan fingerprint density at radius 1 is 1.30 bits per heavy atom. The fourth-order valence-electron chi connectivity index (χ4n) is 3.39. The molecule has 2 rings (SSSR count). The van der Waals surface area contributed by atoms with Crippen LogP contribution in [0, 0.1) is 11.3 Å². The lowest BCUT2D eigenvalue weighted by molar-refractivity contribution is 0.133. The van der Waals surface area contributed by atoms with Crippen LogP contribution < -0.4 is 5.32 Å². The highest BCUT2D eigenvalue weighted by atomic mass is 32.1. The summed E-state index contributed by atoms with van der Waals surface area (Å²) < 4.78 is 0. The lowest BCUT2D eigenvalue weighted by Gasteiger charge is -2.39. The maximum absolute atomic E-state index is 4.48. The summed E-state index contributed by atoms with van der Waals surface area (Å²) in [5.74, 6) is 0.908. The molecule has 1 fully saturated rings. The van der Waals surface area contributed by atoms with Crippen LogP contribution in [0.4, 0.5) is 0 Å². The van der Waals surface area contributed by atoms with Gasteiger partial charge in [0.25, 0.3) is 0 Å². The van der Waals surface area contributed by atoms with E-state index in [0.29, 0.717) is 17.5 Å². The summed E-state index contributed by atoms with van der Waals surface area (Å²) in [6.07, 6.45) is 9.77. The molecule has 1 N–H and O–H groups in total. The van der Waals surface area contributed by atoms with Gasteiger partial charge in [-0.3, -0.25) is 0 Å². The minimum absolute atomic E-state index is 0.454. The molecule has 0 radical (unpaired) electrons. The second-order valence-corrected chi connectivity index (χ2v) is 7.81. The Morgan fingerprint density at radius 3 is 2.50 bits per heavy atom. The number of aromatic nitrogens is 1. The predicted octanol–water partition coefficient (Wildman–Crippen LogP) is 5.18. The van der Waals surface area contributed by atoms with E-state index < -0.39 is 0 Å². The van der Waals surface area contributed by atoms with Gasteiger partial charge in [0.15, 0.2) is 0 Å². The van der Waals surface area contributed by atoms with Crippen molar-refractivity contribution in [3.63, 3.8) is 0 Å². The Morgan fingerprint density at radius 2 is 2.00 bits per heavy atom. The molecule has 1 aromatic heterocycles. The molecule has 0 spiro atoms. The van der Waals surface area contributed by atoms with Crippen LogP contribution in [0.2, 0.25) is 0 Å². The largest absolute Gasteiger partial charge is 0.305 e. The number of hydrogen-bond donors (Lipinski definition) is 1. The molecule has 1 heterocycles. The fourth-order valence-corrected chi connectivity index (χ4v) is 4.17. The average molecular weight is 295 g/mol. The van der Waals surface area contributed by atoms with Gasteiger partial charge >= 0.3 is 0 Å². The van der Waals surface area contributed by atoms with E-state index in [2.05, 4.69) is 43.4 Å². The zero-order chi connectivity index (χ0) is 14.6. The number of thiazole rings is 1. The first-order chi connectivity index (χ1) is 9.56. The van der Waals surface area contributed by atoms with Gasteiger partial charge in [0.05, 0.1) is 6.04 Å². The lowest BCUT2D eigenvalue weighted by Crippen LogP contribution is -2.38. The van der Waals surface area contributed by atoms with E-state index in [-0.39, 0.29) is 0 Å². The van der Waals surface area contributed by atoms with Crippen molar-refractivity contribution in [2.45, 2.75) is 78.3 Å². The highest BCUT2D eigenvalue weighted by Gasteiger charge is 2.32. The first-order valence-electron chi connectivity index (χ1n) is 8.22. The van der Waals surface area contributed by atoms with E-state index in [4.69, 9.17) is 0 Å². The van der Waals surface area contributed by atoms with E-state index in [1.165, 1.54) is 37.1 Å². The van der Waals surface area contributed by atoms with Crippen molar-refractivity contribution in [3.05, 3.63) is 16.6 Å². The highest BCUT2D eigenvalue weighted by molar-refractivity contribution is 7.09. The molecule has 20 heavy (non-hydrogen) atoms. The number of nitrogens with one attached hydrogen (secondary N) is 1. The van der Waals surface area contributed by atoms with Crippen molar-refractivity contribution in [2.24, 2.45) is 11.3 Å². The first-order valence-corrected chi connectivity index (χ1v) is 9.10. The molecule has 0 aromatic carbocycles. The number of rotatable bonds is 6. The molecule has 1 aliphatic carbocycles. The van der Waals surface area contributed by atoms with Crippen LogP contribution in [0.5, 0.6) is 0 Å². The molecule has 1 aliphatic rings. The molecule has 0 amide bonds. The van der Waals surface area contributed by atoms with Crippen LogP contribution in [0.1, 0.15) is 77.3 Å². The zero-order valence-corrected chi connectivity index (χ0v) is 14.3. The molecule has 1 aromatic rings. The smallest absolute Gasteiger partial charge is 0.109 e. The second kappa shape index (κ2) is 7.04. The van der Waals surface area contributed by atoms with Crippen molar-refractivity contribution in [2.75, 3.05) is 0 Å². The van der Waals surface area contributed by atoms with Crippen LogP contribution in [0.25, 0.3) is 0 Å². The molecule has 1 unspecified atom stereocenters. The minimum Gasteiger partial charge on any atom is -0.305 e. The van der Waals surface area contributed by atoms with Gasteiger partial charge in [0.2, 0.25) is 0 Å². The minimum atomic E-state index is 0.454. The Bertz CT molecular complexity index is 378. The van der Waals surface area contributed by atoms with Gasteiger partial charge in [-0.1, -0.05) is 34.1 Å². The van der Waals surface area contributed by atoms with Gasteiger partial charge in [-0.25, -0.2) is 4.98 Å². The summed E-state index contributed by atoms with van der Waals surface area (Å²) in [5.41, 5.74) is 0.518. The summed E-state index contributed by atoms with van der Waals surface area (Å²) in [4.78, 5) is 4.48. The quantitative estimate of drug-likeness (QED) is 0.782. The van der Waals surface area contributed by atoms with Crippen LogP contribution in [-0.2, 0) is 0 Å². The molecule has 114 valence electrons. The zero-order valence-electron chi connectivity index (χ0n) is 13.5. The van der Waals surface area contributed by atoms with Crippen molar-refractivity contribution in [3.8, 4) is 0 Å². The normalized spacial score (nSPS) is 25.6. The summed E-state index contributed by atoms with van der Waals surface area (Å²) in [6, 6.07) is 1.14. The van der Waals surface area contributed by atoms with Crippen molar-refractivity contribution in [1.82, 2.24) is 10.3 Å². The van der Waals surface area contributed by atoms with E-state index in [1.807, 2.05) is 6.20 Å². The standard InChI is InChI=1S/C17H30N2S/c1-5-15(16-18-11-12-20-16)19-14-9-7-13(8-10-14)17(3,4)6-2/h11-15,19H,5-10H2,1-4H3. The van der Waals surface area contributed by atoms with Crippen molar-refractivity contribution >= 4 is 11.3 Å². The van der Waals surface area contributed by atoms with E-state index in [1.54, 1.807) is 11.3 Å². The van der Waals surface area contributed by atoms with E-state index in [9.17, 15) is 0 Å². The third-order valence-corrected chi connectivity index (χ3v) is 6.23. The molecule has 0 aliphatic heterocycles. The maximum atomic E-state index is 4.48. The first kappa shape index (κ1) is 16.0. The Labute approximate surface area is 128 Å². The van der Waals surface area contributed by atoms with Crippen molar-refractivity contribution < 1.29 is 0 Å². The monoisotopic (exact) mass is 294 g/mol. The highest BCUT2D eigenvalue weighted by Crippen LogP contribution is 2.40. The third kappa shape index (κ3) is 3.82. The Kier molecular flexibility index (Phi) is 5.62. The SMILES string of the molecule is CCC(NC1CCC(C(C)(C)CC)CC1)c1nccs1. The number of hydrogen-bond acceptors (Lipinski definition) is 3. The molecular formula is C17H30N2S. The Hall–Kier alpha value is -0.410. The van der Waals surface area contributed by atoms with Crippen molar-refractivity contribution in [1.29, 1.82) is 0 Å². The molecule has 1 atom stereocenters. The molecule has 0 bridgehead atoms. The summed E-state index contributed by atoms with van der Waals surface area (Å²) in [7, 11) is 0. The topological polar surface area (TPSA) is 24.9 Å². The maximum Gasteiger partial charge on any atom is 0.109 e. The van der Waals surface area contributed by atoms with Gasteiger partial charge < -0.3 is 5.32 Å². The lowest BCUT2D eigenvalue weighted by atomic mass is 9.69. The molecule has 2 nitrogen and oxygen atoms in total. The molecule has 0 saturated heterocycles. The van der Waals surface area contributed by atoms with Crippen LogP contribution in [0.15, 0.2) is 11.6 Å². The van der Waals surface area contributed by atoms with Gasteiger partial charge in [0.1, 0.15) is 5.01 Å². The fraction of sp³-hybridized carbons (Fsp3) is 0.824. The summed E-state index contributed by atoms with van der Waals surface area (Å²) in [6.45, 7) is 9.47. The Balaban J connectivity index is 1.85. The second-order valence-electron chi connectivity index (χ2n) is 6.89. The van der Waals surface area contributed by atoms with Gasteiger partial charge in [0, 0.05) is 17.6 Å². The average Bonchev–Trinajstić information content (AvgIpc) is 2.99. The summed E-state index contributed by atoms with van der Waals surface area (Å²) in [5, 5.41) is 7.18. The number of nitrogens with zero attached hydrogens (tertiary/aromatic N) is 1. The van der Waals surface area contributed by atoms with Crippen LogP contribution >= 0.6 is 11.3 Å². The van der Waals surface area contributed by atoms with Gasteiger partial charge in [-0.05, 0) is 43.4 Å². The van der Waals surface area contributed by atoms with E-state index in [0.717, 1.165) is 12.3 Å². The predicted molar refractivity (Wildman–Crippen MR) is 88.1 cm³/mol. The van der Waals surface area contributed by atoms with E-state index >= 15 is 0 Å². The molecular weight excluding hydrogens is 264 g/mol. The van der Waals surface area contributed by atoms with Gasteiger partial charge in [-0.2, -0.15) is 0 Å². The third-order valence-electron chi connectivity index (χ3n) is 5.34. The van der Waals surface area contributed by atoms with Crippen LogP contribution in [0.3, 0.4) is 0 Å². The molecule has 1 saturated carbocycles. The van der Waals surface area contributed by atoms with Gasteiger partial charge in [-0.15, -0.1) is 11.3 Å². The molecule has 3 heteroatoms. The van der Waals surface area contributed by atoms with Crippen LogP contribution in [-0.4, -0.2) is 11.0 Å².